The van der Waals surface area contributed by atoms with E-state index in [1.807, 2.05) is 54.6 Å². The Morgan fingerprint density at radius 2 is 1.80 bits per heavy atom. The number of hydrogen-bond acceptors (Lipinski definition) is 5. The van der Waals surface area contributed by atoms with Crippen LogP contribution in [0.2, 0.25) is 0 Å². The normalized spacial score (nSPS) is 10.6. The zero-order valence-electron chi connectivity index (χ0n) is 16.6. The molecule has 0 spiro atoms. The Kier molecular flexibility index (Phi) is 5.77. The molecule has 4 aromatic rings. The van der Waals surface area contributed by atoms with E-state index in [2.05, 4.69) is 33.3 Å². The number of carbonyl (C=O) groups excluding carboxylic acids is 1. The second-order valence-electron chi connectivity index (χ2n) is 7.01. The zero-order valence-corrected chi connectivity index (χ0v) is 17.4. The predicted molar refractivity (Wildman–Crippen MR) is 125 cm³/mol. The summed E-state index contributed by atoms with van der Waals surface area (Å²) in [6.45, 7) is 2.74. The minimum atomic E-state index is -0.186. The average Bonchev–Trinajstić information content (AvgIpc) is 3.21. The molecule has 0 radical (unpaired) electrons. The summed E-state index contributed by atoms with van der Waals surface area (Å²) >= 11 is 1.66. The molecule has 0 atom stereocenters. The highest BCUT2D eigenvalue weighted by Crippen LogP contribution is 2.31. The predicted octanol–water partition coefficient (Wildman–Crippen LogP) is 5.57. The molecular formula is C24H22N4OS. The average molecular weight is 415 g/mol. The molecule has 0 bridgehead atoms. The van der Waals surface area contributed by atoms with E-state index in [4.69, 9.17) is 5.73 Å². The van der Waals surface area contributed by atoms with Crippen LogP contribution in [0.1, 0.15) is 21.5 Å². The molecule has 30 heavy (non-hydrogen) atoms. The van der Waals surface area contributed by atoms with Crippen molar-refractivity contribution >= 4 is 34.3 Å². The fourth-order valence-electron chi connectivity index (χ4n) is 3.13. The third-order valence-corrected chi connectivity index (χ3v) is 5.72. The minimum Gasteiger partial charge on any atom is -0.397 e. The van der Waals surface area contributed by atoms with Gasteiger partial charge in [-0.1, -0.05) is 18.2 Å². The van der Waals surface area contributed by atoms with Gasteiger partial charge >= 0.3 is 0 Å². The molecule has 0 fully saturated rings. The van der Waals surface area contributed by atoms with Crippen LogP contribution in [0.5, 0.6) is 0 Å². The van der Waals surface area contributed by atoms with Crippen LogP contribution in [-0.4, -0.2) is 10.9 Å². The van der Waals surface area contributed by atoms with Gasteiger partial charge in [0.1, 0.15) is 0 Å². The standard InChI is InChI=1S/C24H22N4OS/c1-16-14-30-15-21(16)19-6-7-22(25)23(12-19)28-24(29)18-4-2-17(3-5-18)13-27-20-8-10-26-11-9-20/h2-12,14-15H,13,25H2,1H3,(H,26,27)(H,28,29). The number of benzene rings is 2. The fraction of sp³-hybridized carbons (Fsp3) is 0.0833. The van der Waals surface area contributed by atoms with E-state index >= 15 is 0 Å². The van der Waals surface area contributed by atoms with Gasteiger partial charge in [0, 0.05) is 30.2 Å². The number of nitrogens with one attached hydrogen (secondary N) is 2. The molecule has 1 amide bonds. The monoisotopic (exact) mass is 414 g/mol. The summed E-state index contributed by atoms with van der Waals surface area (Å²) in [4.78, 5) is 16.7. The Morgan fingerprint density at radius 1 is 1.03 bits per heavy atom. The number of nitrogens with zero attached hydrogens (tertiary/aromatic N) is 1. The van der Waals surface area contributed by atoms with Crippen molar-refractivity contribution in [2.45, 2.75) is 13.5 Å². The van der Waals surface area contributed by atoms with Gasteiger partial charge in [0.15, 0.2) is 0 Å². The zero-order chi connectivity index (χ0) is 20.9. The molecule has 0 aliphatic carbocycles. The van der Waals surface area contributed by atoms with Crippen molar-refractivity contribution in [2.24, 2.45) is 0 Å². The number of carbonyl (C=O) groups is 1. The van der Waals surface area contributed by atoms with Crippen molar-refractivity contribution in [1.29, 1.82) is 0 Å². The van der Waals surface area contributed by atoms with Crippen LogP contribution in [0, 0.1) is 6.92 Å². The Hall–Kier alpha value is -3.64. The van der Waals surface area contributed by atoms with Crippen LogP contribution in [0.4, 0.5) is 17.1 Å². The first-order valence-electron chi connectivity index (χ1n) is 9.57. The van der Waals surface area contributed by atoms with Gasteiger partial charge in [-0.3, -0.25) is 9.78 Å². The number of pyridine rings is 1. The number of nitrogens with two attached hydrogens (primary N) is 1. The van der Waals surface area contributed by atoms with Crippen LogP contribution < -0.4 is 16.4 Å². The molecule has 5 nitrogen and oxygen atoms in total. The highest BCUT2D eigenvalue weighted by atomic mass is 32.1. The van der Waals surface area contributed by atoms with Gasteiger partial charge in [-0.25, -0.2) is 0 Å². The van der Waals surface area contributed by atoms with Crippen LogP contribution in [0.3, 0.4) is 0 Å². The largest absolute Gasteiger partial charge is 0.397 e. The van der Waals surface area contributed by atoms with E-state index < -0.39 is 0 Å². The van der Waals surface area contributed by atoms with E-state index in [1.54, 1.807) is 23.7 Å². The summed E-state index contributed by atoms with van der Waals surface area (Å²) in [5.74, 6) is -0.186. The molecule has 0 unspecified atom stereocenters. The molecule has 4 N–H and O–H groups in total. The lowest BCUT2D eigenvalue weighted by atomic mass is 10.0. The number of nitrogen functional groups attached to an aromatic ring is 1. The summed E-state index contributed by atoms with van der Waals surface area (Å²) in [6.07, 6.45) is 3.49. The SMILES string of the molecule is Cc1cscc1-c1ccc(N)c(NC(=O)c2ccc(CNc3ccncc3)cc2)c1. The molecule has 150 valence electrons. The number of aromatic nitrogens is 1. The van der Waals surface area contributed by atoms with E-state index in [0.29, 0.717) is 23.5 Å². The molecular weight excluding hydrogens is 392 g/mol. The fourth-order valence-corrected chi connectivity index (χ4v) is 3.99. The Morgan fingerprint density at radius 3 is 2.50 bits per heavy atom. The topological polar surface area (TPSA) is 80.0 Å². The van der Waals surface area contributed by atoms with Crippen LogP contribution in [0.25, 0.3) is 11.1 Å². The first kappa shape index (κ1) is 19.7. The lowest BCUT2D eigenvalue weighted by Crippen LogP contribution is -2.13. The second-order valence-corrected chi connectivity index (χ2v) is 7.75. The third-order valence-electron chi connectivity index (χ3n) is 4.86. The van der Waals surface area contributed by atoms with Gasteiger partial charge in [0.2, 0.25) is 0 Å². The van der Waals surface area contributed by atoms with Gasteiger partial charge in [0.05, 0.1) is 11.4 Å². The van der Waals surface area contributed by atoms with Gasteiger partial charge in [-0.2, -0.15) is 11.3 Å². The number of amides is 1. The second kappa shape index (κ2) is 8.80. The molecule has 0 aliphatic rings. The van der Waals surface area contributed by atoms with Crippen molar-refractivity contribution in [3.8, 4) is 11.1 Å². The molecule has 6 heteroatoms. The summed E-state index contributed by atoms with van der Waals surface area (Å²) in [7, 11) is 0. The van der Waals surface area contributed by atoms with Gasteiger partial charge < -0.3 is 16.4 Å². The molecule has 0 aliphatic heterocycles. The number of thiophene rings is 1. The third kappa shape index (κ3) is 4.50. The maximum Gasteiger partial charge on any atom is 0.255 e. The summed E-state index contributed by atoms with van der Waals surface area (Å²) in [6, 6.07) is 17.1. The van der Waals surface area contributed by atoms with Crippen LogP contribution in [0.15, 0.2) is 77.8 Å². The maximum absolute atomic E-state index is 12.7. The minimum absolute atomic E-state index is 0.186. The first-order valence-corrected chi connectivity index (χ1v) is 10.5. The Balaban J connectivity index is 1.44. The lowest BCUT2D eigenvalue weighted by molar-refractivity contribution is 0.102. The van der Waals surface area contributed by atoms with Gasteiger partial charge in [0.25, 0.3) is 5.91 Å². The van der Waals surface area contributed by atoms with Crippen LogP contribution >= 0.6 is 11.3 Å². The summed E-state index contributed by atoms with van der Waals surface area (Å²) in [5, 5.41) is 10.5. The summed E-state index contributed by atoms with van der Waals surface area (Å²) < 4.78 is 0. The summed E-state index contributed by atoms with van der Waals surface area (Å²) in [5.41, 5.74) is 13.3. The number of aryl methyl sites for hydroxylation is 1. The number of rotatable bonds is 6. The molecule has 2 aromatic carbocycles. The van der Waals surface area contributed by atoms with Crippen molar-refractivity contribution in [3.05, 3.63) is 94.4 Å². The van der Waals surface area contributed by atoms with Crippen LogP contribution in [-0.2, 0) is 6.54 Å². The van der Waals surface area contributed by atoms with Crippen molar-refractivity contribution < 1.29 is 4.79 Å². The van der Waals surface area contributed by atoms with Crippen molar-refractivity contribution in [3.63, 3.8) is 0 Å². The molecule has 2 aromatic heterocycles. The molecule has 0 saturated heterocycles. The highest BCUT2D eigenvalue weighted by molar-refractivity contribution is 7.08. The number of anilines is 3. The quantitative estimate of drug-likeness (QED) is 0.361. The van der Waals surface area contributed by atoms with Crippen molar-refractivity contribution in [2.75, 3.05) is 16.4 Å². The number of hydrogen-bond donors (Lipinski definition) is 3. The Labute approximate surface area is 179 Å². The highest BCUT2D eigenvalue weighted by Gasteiger charge is 2.11. The maximum atomic E-state index is 12.7. The van der Waals surface area contributed by atoms with Gasteiger partial charge in [-0.05, 0) is 76.3 Å². The smallest absolute Gasteiger partial charge is 0.255 e. The molecule has 4 rings (SSSR count). The van der Waals surface area contributed by atoms with E-state index in [9.17, 15) is 4.79 Å². The first-order chi connectivity index (χ1) is 14.6. The van der Waals surface area contributed by atoms with E-state index in [1.165, 1.54) is 5.56 Å². The van der Waals surface area contributed by atoms with Gasteiger partial charge in [-0.15, -0.1) is 0 Å². The van der Waals surface area contributed by atoms with Crippen molar-refractivity contribution in [1.82, 2.24) is 4.98 Å². The molecule has 2 heterocycles. The Bertz CT molecular complexity index is 1150. The van der Waals surface area contributed by atoms with E-state index in [0.717, 1.165) is 22.4 Å². The molecule has 0 saturated carbocycles. The lowest BCUT2D eigenvalue weighted by Gasteiger charge is -2.11. The van der Waals surface area contributed by atoms with E-state index in [-0.39, 0.29) is 5.91 Å².